The van der Waals surface area contributed by atoms with Crippen LogP contribution in [0.25, 0.3) is 21.3 Å². The Morgan fingerprint density at radius 1 is 0.938 bits per heavy atom. The maximum Gasteiger partial charge on any atom is 0.225 e. The van der Waals surface area contributed by atoms with Crippen LogP contribution in [0.1, 0.15) is 17.4 Å². The Kier molecular flexibility index (Phi) is 5.97. The fourth-order valence-corrected chi connectivity index (χ4v) is 5.84. The Morgan fingerprint density at radius 2 is 1.66 bits per heavy atom. The Labute approximate surface area is 202 Å². The highest BCUT2D eigenvalue weighted by atomic mass is 35.5. The van der Waals surface area contributed by atoms with Crippen molar-refractivity contribution in [3.63, 3.8) is 0 Å². The summed E-state index contributed by atoms with van der Waals surface area (Å²) in [5.41, 5.74) is 4.92. The van der Waals surface area contributed by atoms with Crippen LogP contribution in [0, 0.1) is 6.92 Å². The molecular formula is C25H24Cl2N4S. The van der Waals surface area contributed by atoms with Crippen LogP contribution >= 0.6 is 34.5 Å². The molecule has 1 saturated heterocycles. The molecule has 164 valence electrons. The molecule has 0 unspecified atom stereocenters. The molecule has 4 nitrogen and oxygen atoms in total. The highest BCUT2D eigenvalue weighted by Gasteiger charge is 2.25. The van der Waals surface area contributed by atoms with Crippen molar-refractivity contribution in [1.82, 2.24) is 9.97 Å². The summed E-state index contributed by atoms with van der Waals surface area (Å²) in [5, 5.41) is 2.18. The lowest BCUT2D eigenvalue weighted by molar-refractivity contribution is 0.649. The maximum absolute atomic E-state index is 6.36. The van der Waals surface area contributed by atoms with Gasteiger partial charge >= 0.3 is 0 Å². The summed E-state index contributed by atoms with van der Waals surface area (Å²) in [6, 6.07) is 16.9. The summed E-state index contributed by atoms with van der Waals surface area (Å²) < 4.78 is 0. The average molecular weight is 483 g/mol. The van der Waals surface area contributed by atoms with E-state index in [2.05, 4.69) is 59.0 Å². The molecule has 0 atom stereocenters. The number of aryl methyl sites for hydroxylation is 2. The second kappa shape index (κ2) is 8.89. The summed E-state index contributed by atoms with van der Waals surface area (Å²) in [6.07, 6.45) is 1.03. The van der Waals surface area contributed by atoms with E-state index in [4.69, 9.17) is 28.2 Å². The predicted octanol–water partition coefficient (Wildman–Crippen LogP) is 6.86. The molecule has 0 saturated carbocycles. The van der Waals surface area contributed by atoms with Gasteiger partial charge < -0.3 is 9.80 Å². The molecule has 0 N–H and O–H groups in total. The predicted molar refractivity (Wildman–Crippen MR) is 138 cm³/mol. The van der Waals surface area contributed by atoms with Crippen molar-refractivity contribution in [2.24, 2.45) is 0 Å². The number of aromatic nitrogens is 2. The van der Waals surface area contributed by atoms with Crippen LogP contribution in [-0.4, -0.2) is 36.1 Å². The first kappa shape index (κ1) is 21.5. The van der Waals surface area contributed by atoms with Crippen LogP contribution in [-0.2, 0) is 6.42 Å². The number of rotatable bonds is 4. The van der Waals surface area contributed by atoms with Crippen molar-refractivity contribution in [3.05, 3.63) is 69.3 Å². The lowest BCUT2D eigenvalue weighted by Gasteiger charge is -2.37. The van der Waals surface area contributed by atoms with E-state index in [1.54, 1.807) is 11.3 Å². The van der Waals surface area contributed by atoms with Crippen LogP contribution in [0.5, 0.6) is 0 Å². The third-order valence-corrected chi connectivity index (χ3v) is 7.49. The number of benzene rings is 2. The summed E-state index contributed by atoms with van der Waals surface area (Å²) in [6.45, 7) is 7.84. The molecule has 1 aliphatic heterocycles. The second-order valence-corrected chi connectivity index (χ2v) is 10.0. The van der Waals surface area contributed by atoms with Gasteiger partial charge in [0, 0.05) is 47.3 Å². The van der Waals surface area contributed by atoms with Crippen molar-refractivity contribution < 1.29 is 0 Å². The van der Waals surface area contributed by atoms with Gasteiger partial charge in [0.15, 0.2) is 0 Å². The van der Waals surface area contributed by atoms with Gasteiger partial charge in [0.2, 0.25) is 5.28 Å². The molecule has 7 heteroatoms. The van der Waals surface area contributed by atoms with Gasteiger partial charge in [-0.25, -0.2) is 4.98 Å². The molecule has 2 aromatic heterocycles. The van der Waals surface area contributed by atoms with E-state index in [1.165, 1.54) is 21.6 Å². The molecule has 0 radical (unpaired) electrons. The summed E-state index contributed by atoms with van der Waals surface area (Å²) >= 11 is 14.3. The van der Waals surface area contributed by atoms with E-state index in [9.17, 15) is 0 Å². The lowest BCUT2D eigenvalue weighted by atomic mass is 10.0. The summed E-state index contributed by atoms with van der Waals surface area (Å²) in [5.74, 6) is 0.935. The molecule has 3 heterocycles. The molecule has 2 aromatic carbocycles. The minimum Gasteiger partial charge on any atom is -0.368 e. The zero-order valence-corrected chi connectivity index (χ0v) is 20.4. The van der Waals surface area contributed by atoms with E-state index in [-0.39, 0.29) is 0 Å². The average Bonchev–Trinajstić information content (AvgIpc) is 3.14. The van der Waals surface area contributed by atoms with Gasteiger partial charge in [0.25, 0.3) is 0 Å². The SMILES string of the molecule is CCc1ccc(-c2c(C)sc3nc(Cl)nc(N4CCN(c5cccc(Cl)c5)CC4)c23)cc1. The van der Waals surface area contributed by atoms with Crippen molar-refractivity contribution >= 4 is 56.3 Å². The van der Waals surface area contributed by atoms with Crippen LogP contribution in [0.4, 0.5) is 11.5 Å². The van der Waals surface area contributed by atoms with Gasteiger partial charge in [-0.15, -0.1) is 11.3 Å². The van der Waals surface area contributed by atoms with Crippen LogP contribution < -0.4 is 9.80 Å². The highest BCUT2D eigenvalue weighted by molar-refractivity contribution is 7.19. The highest BCUT2D eigenvalue weighted by Crippen LogP contribution is 2.42. The van der Waals surface area contributed by atoms with Gasteiger partial charge in [-0.05, 0) is 54.3 Å². The Bertz CT molecular complexity index is 1260. The molecule has 1 fully saturated rings. The van der Waals surface area contributed by atoms with Gasteiger partial charge in [0.1, 0.15) is 10.6 Å². The van der Waals surface area contributed by atoms with Crippen LogP contribution in [0.15, 0.2) is 48.5 Å². The van der Waals surface area contributed by atoms with E-state index >= 15 is 0 Å². The summed E-state index contributed by atoms with van der Waals surface area (Å²) in [7, 11) is 0. The number of anilines is 2. The molecule has 0 spiro atoms. The first-order valence-corrected chi connectivity index (χ1v) is 12.4. The van der Waals surface area contributed by atoms with E-state index < -0.39 is 0 Å². The van der Waals surface area contributed by atoms with Crippen molar-refractivity contribution in [3.8, 4) is 11.1 Å². The van der Waals surface area contributed by atoms with E-state index in [0.29, 0.717) is 5.28 Å². The molecule has 0 amide bonds. The number of fused-ring (bicyclic) bond motifs is 1. The number of piperazine rings is 1. The van der Waals surface area contributed by atoms with Crippen molar-refractivity contribution in [2.75, 3.05) is 36.0 Å². The Balaban J connectivity index is 1.51. The topological polar surface area (TPSA) is 32.3 Å². The zero-order chi connectivity index (χ0) is 22.2. The smallest absolute Gasteiger partial charge is 0.225 e. The first-order valence-electron chi connectivity index (χ1n) is 10.8. The molecule has 5 rings (SSSR count). The molecule has 0 bridgehead atoms. The fourth-order valence-electron chi connectivity index (χ4n) is 4.40. The van der Waals surface area contributed by atoms with Gasteiger partial charge in [-0.3, -0.25) is 0 Å². The normalized spacial score (nSPS) is 14.4. The number of halogens is 2. The number of nitrogens with zero attached hydrogens (tertiary/aromatic N) is 4. The van der Waals surface area contributed by atoms with Crippen LogP contribution in [0.2, 0.25) is 10.3 Å². The lowest BCUT2D eigenvalue weighted by Crippen LogP contribution is -2.47. The Morgan fingerprint density at radius 3 is 2.34 bits per heavy atom. The minimum absolute atomic E-state index is 0.305. The second-order valence-electron chi connectivity index (χ2n) is 8.03. The number of thiophene rings is 1. The number of hydrogen-bond donors (Lipinski definition) is 0. The minimum atomic E-state index is 0.305. The Hall–Kier alpha value is -2.34. The van der Waals surface area contributed by atoms with Crippen molar-refractivity contribution in [2.45, 2.75) is 20.3 Å². The van der Waals surface area contributed by atoms with Gasteiger partial charge in [-0.2, -0.15) is 4.98 Å². The summed E-state index contributed by atoms with van der Waals surface area (Å²) in [4.78, 5) is 16.2. The fraction of sp³-hybridized carbons (Fsp3) is 0.280. The van der Waals surface area contributed by atoms with E-state index in [0.717, 1.165) is 59.3 Å². The maximum atomic E-state index is 6.36. The van der Waals surface area contributed by atoms with Gasteiger partial charge in [-0.1, -0.05) is 48.9 Å². The van der Waals surface area contributed by atoms with E-state index in [1.807, 2.05) is 18.2 Å². The third kappa shape index (κ3) is 4.05. The first-order chi connectivity index (χ1) is 15.5. The largest absolute Gasteiger partial charge is 0.368 e. The molecular weight excluding hydrogens is 459 g/mol. The number of hydrogen-bond acceptors (Lipinski definition) is 5. The van der Waals surface area contributed by atoms with Gasteiger partial charge in [0.05, 0.1) is 5.39 Å². The monoisotopic (exact) mass is 482 g/mol. The molecule has 32 heavy (non-hydrogen) atoms. The zero-order valence-electron chi connectivity index (χ0n) is 18.1. The molecule has 1 aliphatic rings. The molecule has 0 aliphatic carbocycles. The quantitative estimate of drug-likeness (QED) is 0.297. The standard InChI is InChI=1S/C25H24Cl2N4S/c1-3-17-7-9-18(10-8-17)21-16(2)32-24-22(21)23(28-25(27)29-24)31-13-11-30(12-14-31)20-6-4-5-19(26)15-20/h4-10,15H,3,11-14H2,1-2H3. The third-order valence-electron chi connectivity index (χ3n) is 6.08. The molecule has 4 aromatic rings. The van der Waals surface area contributed by atoms with Crippen LogP contribution in [0.3, 0.4) is 0 Å². The van der Waals surface area contributed by atoms with Crippen molar-refractivity contribution in [1.29, 1.82) is 0 Å².